The maximum atomic E-state index is 11.6. The summed E-state index contributed by atoms with van der Waals surface area (Å²) in [6, 6.07) is 3.54. The van der Waals surface area contributed by atoms with Gasteiger partial charge in [-0.2, -0.15) is 5.10 Å². The first kappa shape index (κ1) is 17.8. The molecule has 0 atom stereocenters. The highest BCUT2D eigenvalue weighted by Gasteiger charge is 2.14. The number of hydrogen-bond donors (Lipinski definition) is 1. The van der Waals surface area contributed by atoms with Crippen LogP contribution in [0.4, 0.5) is 0 Å². The first-order valence-corrected chi connectivity index (χ1v) is 7.28. The van der Waals surface area contributed by atoms with E-state index in [1.807, 2.05) is 0 Å². The Morgan fingerprint density at radius 1 is 1.14 bits per heavy atom. The van der Waals surface area contributed by atoms with Gasteiger partial charge in [-0.3, -0.25) is 4.79 Å². The summed E-state index contributed by atoms with van der Waals surface area (Å²) in [6.45, 7) is 2.10. The molecule has 6 heteroatoms. The fourth-order valence-electron chi connectivity index (χ4n) is 1.99. The Labute approximate surface area is 131 Å². The lowest BCUT2D eigenvalue weighted by atomic mass is 10.2. The van der Waals surface area contributed by atoms with Crippen molar-refractivity contribution in [1.29, 1.82) is 0 Å². The van der Waals surface area contributed by atoms with Crippen LogP contribution in [0.5, 0.6) is 17.2 Å². The maximum Gasteiger partial charge on any atom is 0.240 e. The van der Waals surface area contributed by atoms with Crippen molar-refractivity contribution in [1.82, 2.24) is 5.43 Å². The minimum absolute atomic E-state index is 0.0934. The zero-order chi connectivity index (χ0) is 16.4. The number of hydrazone groups is 1. The minimum Gasteiger partial charge on any atom is -0.493 e. The molecule has 1 rings (SSSR count). The van der Waals surface area contributed by atoms with E-state index in [-0.39, 0.29) is 5.91 Å². The number of amides is 1. The second kappa shape index (κ2) is 9.65. The van der Waals surface area contributed by atoms with Crippen LogP contribution in [0.15, 0.2) is 17.2 Å². The van der Waals surface area contributed by atoms with Gasteiger partial charge >= 0.3 is 0 Å². The van der Waals surface area contributed by atoms with Gasteiger partial charge in [0, 0.05) is 12.0 Å². The highest BCUT2D eigenvalue weighted by atomic mass is 16.5. The van der Waals surface area contributed by atoms with Gasteiger partial charge in [0.15, 0.2) is 11.5 Å². The smallest absolute Gasteiger partial charge is 0.240 e. The van der Waals surface area contributed by atoms with Gasteiger partial charge in [-0.15, -0.1) is 0 Å². The summed E-state index contributed by atoms with van der Waals surface area (Å²) in [5.74, 6) is 1.47. The quantitative estimate of drug-likeness (QED) is 0.433. The molecule has 0 aromatic heterocycles. The number of benzene rings is 1. The molecule has 0 heterocycles. The Hall–Kier alpha value is -2.24. The van der Waals surface area contributed by atoms with Crippen molar-refractivity contribution < 1.29 is 19.0 Å². The van der Waals surface area contributed by atoms with E-state index in [0.29, 0.717) is 29.2 Å². The number of methoxy groups -OCH3 is 3. The normalized spacial score (nSPS) is 10.5. The van der Waals surface area contributed by atoms with Crippen molar-refractivity contribution in [2.24, 2.45) is 5.10 Å². The second-order valence-electron chi connectivity index (χ2n) is 4.67. The van der Waals surface area contributed by atoms with E-state index in [2.05, 4.69) is 17.5 Å². The molecule has 22 heavy (non-hydrogen) atoms. The predicted molar refractivity (Wildman–Crippen MR) is 86.0 cm³/mol. The van der Waals surface area contributed by atoms with Crippen LogP contribution in [0, 0.1) is 0 Å². The largest absolute Gasteiger partial charge is 0.493 e. The fraction of sp³-hybridized carbons (Fsp3) is 0.500. The SMILES string of the molecule is CCCCCC(=O)NN=Cc1ccc(OC)c(OC)c1OC. The Balaban J connectivity index is 2.76. The van der Waals surface area contributed by atoms with Crippen LogP contribution in [-0.4, -0.2) is 33.5 Å². The number of rotatable bonds is 9. The van der Waals surface area contributed by atoms with Gasteiger partial charge in [0.1, 0.15) is 0 Å². The number of carbonyl (C=O) groups is 1. The summed E-state index contributed by atoms with van der Waals surface area (Å²) in [6.07, 6.45) is 5.00. The molecule has 0 spiro atoms. The summed E-state index contributed by atoms with van der Waals surface area (Å²) in [7, 11) is 4.64. The van der Waals surface area contributed by atoms with E-state index in [9.17, 15) is 4.79 Å². The number of carbonyl (C=O) groups excluding carboxylic acids is 1. The maximum absolute atomic E-state index is 11.6. The molecule has 1 aromatic rings. The molecular weight excluding hydrogens is 284 g/mol. The summed E-state index contributed by atoms with van der Waals surface area (Å²) >= 11 is 0. The molecule has 0 fully saturated rings. The Morgan fingerprint density at radius 2 is 1.86 bits per heavy atom. The summed E-state index contributed by atoms with van der Waals surface area (Å²) in [5.41, 5.74) is 3.20. The number of hydrogen-bond acceptors (Lipinski definition) is 5. The highest BCUT2D eigenvalue weighted by molar-refractivity contribution is 5.87. The van der Waals surface area contributed by atoms with E-state index in [1.165, 1.54) is 20.4 Å². The number of unbranched alkanes of at least 4 members (excludes halogenated alkanes) is 2. The van der Waals surface area contributed by atoms with E-state index < -0.39 is 0 Å². The van der Waals surface area contributed by atoms with Gasteiger partial charge in [-0.1, -0.05) is 19.8 Å². The molecule has 1 amide bonds. The first-order valence-electron chi connectivity index (χ1n) is 7.28. The van der Waals surface area contributed by atoms with Crippen LogP contribution >= 0.6 is 0 Å². The van der Waals surface area contributed by atoms with Gasteiger partial charge in [-0.25, -0.2) is 5.43 Å². The Kier molecular flexibility index (Phi) is 7.81. The molecule has 1 N–H and O–H groups in total. The van der Waals surface area contributed by atoms with Gasteiger partial charge in [-0.05, 0) is 18.6 Å². The zero-order valence-corrected chi connectivity index (χ0v) is 13.6. The summed E-state index contributed by atoms with van der Waals surface area (Å²) < 4.78 is 15.8. The highest BCUT2D eigenvalue weighted by Crippen LogP contribution is 2.38. The van der Waals surface area contributed by atoms with Crippen LogP contribution < -0.4 is 19.6 Å². The van der Waals surface area contributed by atoms with Crippen LogP contribution in [0.25, 0.3) is 0 Å². The van der Waals surface area contributed by atoms with Crippen molar-refractivity contribution in [2.45, 2.75) is 32.6 Å². The molecule has 0 unspecified atom stereocenters. The zero-order valence-electron chi connectivity index (χ0n) is 13.6. The minimum atomic E-state index is -0.0934. The fourth-order valence-corrected chi connectivity index (χ4v) is 1.99. The Bertz CT molecular complexity index is 515. The average Bonchev–Trinajstić information content (AvgIpc) is 2.54. The molecule has 6 nitrogen and oxygen atoms in total. The lowest BCUT2D eigenvalue weighted by Gasteiger charge is -2.13. The molecule has 122 valence electrons. The monoisotopic (exact) mass is 308 g/mol. The van der Waals surface area contributed by atoms with Crippen molar-refractivity contribution in [2.75, 3.05) is 21.3 Å². The average molecular weight is 308 g/mol. The molecule has 0 aliphatic rings. The standard InChI is InChI=1S/C16H24N2O4/c1-5-6-7-8-14(19)18-17-11-12-9-10-13(20-2)16(22-4)15(12)21-3/h9-11H,5-8H2,1-4H3,(H,18,19). The molecule has 0 aliphatic heterocycles. The van der Waals surface area contributed by atoms with Crippen molar-refractivity contribution in [3.63, 3.8) is 0 Å². The molecule has 1 aromatic carbocycles. The van der Waals surface area contributed by atoms with Crippen molar-refractivity contribution in [3.8, 4) is 17.2 Å². The molecule has 0 radical (unpaired) electrons. The van der Waals surface area contributed by atoms with Crippen LogP contribution in [-0.2, 0) is 4.79 Å². The second-order valence-corrected chi connectivity index (χ2v) is 4.67. The first-order chi connectivity index (χ1) is 10.7. The van der Waals surface area contributed by atoms with Crippen molar-refractivity contribution >= 4 is 12.1 Å². The number of nitrogens with zero attached hydrogens (tertiary/aromatic N) is 1. The Morgan fingerprint density at radius 3 is 2.45 bits per heavy atom. The predicted octanol–water partition coefficient (Wildman–Crippen LogP) is 2.74. The lowest BCUT2D eigenvalue weighted by Crippen LogP contribution is -2.17. The topological polar surface area (TPSA) is 69.2 Å². The molecule has 0 aliphatic carbocycles. The van der Waals surface area contributed by atoms with E-state index >= 15 is 0 Å². The van der Waals surface area contributed by atoms with Crippen LogP contribution in [0.1, 0.15) is 38.2 Å². The van der Waals surface area contributed by atoms with Crippen LogP contribution in [0.3, 0.4) is 0 Å². The third-order valence-electron chi connectivity index (χ3n) is 3.13. The number of nitrogens with one attached hydrogen (secondary N) is 1. The van der Waals surface area contributed by atoms with Crippen molar-refractivity contribution in [3.05, 3.63) is 17.7 Å². The van der Waals surface area contributed by atoms with E-state index in [4.69, 9.17) is 14.2 Å². The van der Waals surface area contributed by atoms with Crippen LogP contribution in [0.2, 0.25) is 0 Å². The third kappa shape index (κ3) is 4.95. The van der Waals surface area contributed by atoms with Gasteiger partial charge in [0.05, 0.1) is 27.5 Å². The summed E-state index contributed by atoms with van der Waals surface area (Å²) in [5, 5.41) is 3.96. The molecular formula is C16H24N2O4. The van der Waals surface area contributed by atoms with Gasteiger partial charge < -0.3 is 14.2 Å². The number of ether oxygens (including phenoxy) is 3. The third-order valence-corrected chi connectivity index (χ3v) is 3.13. The molecule has 0 saturated carbocycles. The van der Waals surface area contributed by atoms with E-state index in [0.717, 1.165) is 19.3 Å². The molecule has 0 saturated heterocycles. The van der Waals surface area contributed by atoms with Gasteiger partial charge in [0.25, 0.3) is 0 Å². The summed E-state index contributed by atoms with van der Waals surface area (Å²) in [4.78, 5) is 11.6. The molecule has 0 bridgehead atoms. The lowest BCUT2D eigenvalue weighted by molar-refractivity contribution is -0.121. The van der Waals surface area contributed by atoms with Gasteiger partial charge in [0.2, 0.25) is 11.7 Å². The van der Waals surface area contributed by atoms with E-state index in [1.54, 1.807) is 19.2 Å².